The van der Waals surface area contributed by atoms with Crippen molar-refractivity contribution >= 4 is 28.2 Å². The zero-order valence-corrected chi connectivity index (χ0v) is 16.3. The average molecular weight is 372 g/mol. The predicted octanol–water partition coefficient (Wildman–Crippen LogP) is 4.79. The van der Waals surface area contributed by atoms with Crippen LogP contribution in [-0.4, -0.2) is 19.0 Å². The summed E-state index contributed by atoms with van der Waals surface area (Å²) in [5.41, 5.74) is 2.60. The van der Waals surface area contributed by atoms with Crippen molar-refractivity contribution in [1.82, 2.24) is 0 Å². The molecule has 0 radical (unpaired) electrons. The van der Waals surface area contributed by atoms with Gasteiger partial charge in [0.05, 0.1) is 18.6 Å². The van der Waals surface area contributed by atoms with Crippen LogP contribution in [0.3, 0.4) is 0 Å². The molecule has 1 aliphatic rings. The molecule has 26 heavy (non-hydrogen) atoms. The summed E-state index contributed by atoms with van der Waals surface area (Å²) in [7, 11) is 1.39. The fourth-order valence-electron chi connectivity index (χ4n) is 3.61. The van der Waals surface area contributed by atoms with Crippen molar-refractivity contribution in [3.63, 3.8) is 0 Å². The number of ether oxygens (including phenoxy) is 1. The Labute approximate surface area is 158 Å². The van der Waals surface area contributed by atoms with Crippen LogP contribution in [-0.2, 0) is 22.4 Å². The Morgan fingerprint density at radius 2 is 2.04 bits per heavy atom. The molecule has 0 unspecified atom stereocenters. The first-order chi connectivity index (χ1) is 12.5. The lowest BCUT2D eigenvalue weighted by Gasteiger charge is -2.18. The molecular formula is C21H25NO3S. The molecule has 5 heteroatoms. The van der Waals surface area contributed by atoms with E-state index in [1.54, 1.807) is 0 Å². The lowest BCUT2D eigenvalue weighted by Crippen LogP contribution is -2.21. The van der Waals surface area contributed by atoms with Gasteiger partial charge in [-0.2, -0.15) is 0 Å². The van der Waals surface area contributed by atoms with Crippen LogP contribution in [0.2, 0.25) is 0 Å². The van der Waals surface area contributed by atoms with Crippen molar-refractivity contribution in [2.45, 2.75) is 45.4 Å². The second kappa shape index (κ2) is 8.04. The zero-order chi connectivity index (χ0) is 18.7. The molecule has 0 saturated carbocycles. The first-order valence-corrected chi connectivity index (χ1v) is 9.95. The van der Waals surface area contributed by atoms with Crippen molar-refractivity contribution in [2.75, 3.05) is 12.4 Å². The molecule has 0 fully saturated rings. The van der Waals surface area contributed by atoms with E-state index in [0.717, 1.165) is 30.4 Å². The van der Waals surface area contributed by atoms with E-state index in [0.29, 0.717) is 22.9 Å². The topological polar surface area (TPSA) is 55.4 Å². The third-order valence-electron chi connectivity index (χ3n) is 5.06. The van der Waals surface area contributed by atoms with Gasteiger partial charge in [-0.1, -0.05) is 44.2 Å². The number of nitrogens with one attached hydrogen (secondary N) is 1. The minimum absolute atomic E-state index is 0.0736. The number of carbonyl (C=O) groups excluding carboxylic acids is 2. The van der Waals surface area contributed by atoms with Gasteiger partial charge in [-0.05, 0) is 42.7 Å². The van der Waals surface area contributed by atoms with Gasteiger partial charge < -0.3 is 10.1 Å². The Hall–Kier alpha value is -2.14. The minimum Gasteiger partial charge on any atom is -0.465 e. The van der Waals surface area contributed by atoms with Gasteiger partial charge in [0.1, 0.15) is 5.00 Å². The number of hydrogen-bond donors (Lipinski definition) is 1. The number of carbonyl (C=O) groups is 2. The molecule has 1 heterocycles. The highest BCUT2D eigenvalue weighted by molar-refractivity contribution is 7.17. The molecule has 1 aromatic heterocycles. The van der Waals surface area contributed by atoms with E-state index < -0.39 is 0 Å². The molecule has 1 aromatic carbocycles. The Balaban J connectivity index is 1.91. The second-order valence-electron chi connectivity index (χ2n) is 6.91. The van der Waals surface area contributed by atoms with Crippen LogP contribution in [0.5, 0.6) is 0 Å². The fraction of sp³-hybridized carbons (Fsp3) is 0.429. The van der Waals surface area contributed by atoms with Gasteiger partial charge in [0.2, 0.25) is 5.91 Å². The second-order valence-corrected chi connectivity index (χ2v) is 8.01. The van der Waals surface area contributed by atoms with Gasteiger partial charge in [-0.3, -0.25) is 4.79 Å². The van der Waals surface area contributed by atoms with E-state index in [1.165, 1.54) is 23.3 Å². The molecule has 1 amide bonds. The molecule has 4 nitrogen and oxygen atoms in total. The summed E-state index contributed by atoms with van der Waals surface area (Å²) in [5.74, 6) is -0.0710. The number of thiophene rings is 1. The monoisotopic (exact) mass is 371 g/mol. The van der Waals surface area contributed by atoms with E-state index in [-0.39, 0.29) is 17.8 Å². The van der Waals surface area contributed by atoms with Gasteiger partial charge in [-0.25, -0.2) is 4.79 Å². The van der Waals surface area contributed by atoms with Crippen LogP contribution < -0.4 is 5.32 Å². The molecule has 0 spiro atoms. The van der Waals surface area contributed by atoms with E-state index in [2.05, 4.69) is 12.2 Å². The van der Waals surface area contributed by atoms with Gasteiger partial charge >= 0.3 is 5.97 Å². The minimum atomic E-state index is -0.361. The van der Waals surface area contributed by atoms with Crippen molar-refractivity contribution in [2.24, 2.45) is 5.92 Å². The number of amides is 1. The molecule has 2 atom stereocenters. The summed E-state index contributed by atoms with van der Waals surface area (Å²) in [5, 5.41) is 3.66. The van der Waals surface area contributed by atoms with Crippen molar-refractivity contribution < 1.29 is 14.3 Å². The number of rotatable bonds is 5. The zero-order valence-electron chi connectivity index (χ0n) is 15.5. The van der Waals surface area contributed by atoms with Crippen LogP contribution in [0.4, 0.5) is 5.00 Å². The number of benzene rings is 1. The maximum Gasteiger partial charge on any atom is 0.341 e. The Morgan fingerprint density at radius 1 is 1.31 bits per heavy atom. The highest BCUT2D eigenvalue weighted by Crippen LogP contribution is 2.40. The van der Waals surface area contributed by atoms with Crippen LogP contribution in [0.25, 0.3) is 0 Å². The fourth-order valence-corrected chi connectivity index (χ4v) is 5.02. The van der Waals surface area contributed by atoms with E-state index in [9.17, 15) is 9.59 Å². The standard InChI is InChI=1S/C21H25NO3S/c1-4-15(14-8-6-5-7-9-14)19(23)22-20-18(21(24)25-3)16-11-10-13(2)12-17(16)26-20/h5-9,13,15H,4,10-12H2,1-3H3,(H,22,23)/t13-,15+/m1/s1. The average Bonchev–Trinajstić information content (AvgIpc) is 2.99. The predicted molar refractivity (Wildman–Crippen MR) is 105 cm³/mol. The van der Waals surface area contributed by atoms with Gasteiger partial charge in [0.25, 0.3) is 0 Å². The summed E-state index contributed by atoms with van der Waals surface area (Å²) >= 11 is 1.53. The molecule has 0 bridgehead atoms. The number of fused-ring (bicyclic) bond motifs is 1. The largest absolute Gasteiger partial charge is 0.465 e. The third-order valence-corrected chi connectivity index (χ3v) is 6.23. The molecular weight excluding hydrogens is 346 g/mol. The van der Waals surface area contributed by atoms with Crippen molar-refractivity contribution in [3.8, 4) is 0 Å². The number of hydrogen-bond acceptors (Lipinski definition) is 4. The Bertz CT molecular complexity index is 797. The smallest absolute Gasteiger partial charge is 0.341 e. The first kappa shape index (κ1) is 18.6. The summed E-state index contributed by atoms with van der Waals surface area (Å²) in [6, 6.07) is 9.76. The van der Waals surface area contributed by atoms with Crippen molar-refractivity contribution in [3.05, 3.63) is 51.9 Å². The van der Waals surface area contributed by atoms with E-state index >= 15 is 0 Å². The Kier molecular flexibility index (Phi) is 5.77. The quantitative estimate of drug-likeness (QED) is 0.769. The molecule has 1 aliphatic carbocycles. The number of esters is 1. The lowest BCUT2D eigenvalue weighted by molar-refractivity contribution is -0.117. The van der Waals surface area contributed by atoms with Crippen LogP contribution in [0.15, 0.2) is 30.3 Å². The maximum atomic E-state index is 12.9. The van der Waals surface area contributed by atoms with Crippen LogP contribution in [0, 0.1) is 5.92 Å². The summed E-state index contributed by atoms with van der Waals surface area (Å²) in [4.78, 5) is 26.5. The summed E-state index contributed by atoms with van der Waals surface area (Å²) in [6.07, 6.45) is 3.58. The van der Waals surface area contributed by atoms with Gasteiger partial charge in [-0.15, -0.1) is 11.3 Å². The number of methoxy groups -OCH3 is 1. The molecule has 2 aromatic rings. The maximum absolute atomic E-state index is 12.9. The molecule has 138 valence electrons. The summed E-state index contributed by atoms with van der Waals surface area (Å²) in [6.45, 7) is 4.22. The Morgan fingerprint density at radius 3 is 2.69 bits per heavy atom. The molecule has 1 N–H and O–H groups in total. The molecule has 0 aliphatic heterocycles. The van der Waals surface area contributed by atoms with Crippen LogP contribution in [0.1, 0.15) is 59.0 Å². The van der Waals surface area contributed by atoms with Crippen LogP contribution >= 0.6 is 11.3 Å². The normalized spacial score (nSPS) is 17.3. The van der Waals surface area contributed by atoms with Crippen molar-refractivity contribution in [1.29, 1.82) is 0 Å². The summed E-state index contributed by atoms with van der Waals surface area (Å²) < 4.78 is 5.00. The lowest BCUT2D eigenvalue weighted by atomic mass is 9.88. The van der Waals surface area contributed by atoms with E-state index in [4.69, 9.17) is 4.74 Å². The molecule has 3 rings (SSSR count). The van der Waals surface area contributed by atoms with E-state index in [1.807, 2.05) is 37.3 Å². The van der Waals surface area contributed by atoms with Gasteiger partial charge in [0.15, 0.2) is 0 Å². The molecule has 0 saturated heterocycles. The first-order valence-electron chi connectivity index (χ1n) is 9.13. The number of anilines is 1. The van der Waals surface area contributed by atoms with Gasteiger partial charge in [0, 0.05) is 4.88 Å². The SMILES string of the molecule is CC[C@H](C(=O)Nc1sc2c(c1C(=O)OC)CC[C@@H](C)C2)c1ccccc1. The highest BCUT2D eigenvalue weighted by atomic mass is 32.1. The highest BCUT2D eigenvalue weighted by Gasteiger charge is 2.30. The third kappa shape index (κ3) is 3.68.